The quantitative estimate of drug-likeness (QED) is 0.224. The molecule has 2 amide bonds. The number of pyridine rings is 1. The molecule has 236 valence electrons. The first kappa shape index (κ1) is 28.7. The maximum absolute atomic E-state index is 13.7. The van der Waals surface area contributed by atoms with Crippen molar-refractivity contribution >= 4 is 33.9 Å². The van der Waals surface area contributed by atoms with E-state index in [0.717, 1.165) is 58.7 Å². The Morgan fingerprint density at radius 1 is 1.02 bits per heavy atom. The van der Waals surface area contributed by atoms with E-state index in [2.05, 4.69) is 22.0 Å². The Labute approximate surface area is 266 Å². The van der Waals surface area contributed by atoms with Gasteiger partial charge in [-0.2, -0.15) is 0 Å². The molecule has 3 aromatic heterocycles. The number of hydrogen-bond acceptors (Lipinski definition) is 7. The molecular formula is C35H37N7O4. The number of methoxy groups -OCH3 is 1. The maximum atomic E-state index is 13.7. The van der Waals surface area contributed by atoms with Gasteiger partial charge in [-0.25, -0.2) is 9.97 Å². The molecule has 2 aromatic carbocycles. The van der Waals surface area contributed by atoms with Crippen LogP contribution in [0.15, 0.2) is 54.6 Å². The van der Waals surface area contributed by atoms with Gasteiger partial charge in [0.1, 0.15) is 23.6 Å². The number of carbonyl (C=O) groups is 2. The van der Waals surface area contributed by atoms with Crippen LogP contribution in [-0.4, -0.2) is 73.4 Å². The zero-order valence-corrected chi connectivity index (χ0v) is 25.9. The van der Waals surface area contributed by atoms with E-state index in [0.29, 0.717) is 40.8 Å². The zero-order valence-electron chi connectivity index (χ0n) is 25.9. The van der Waals surface area contributed by atoms with Crippen LogP contribution in [-0.2, 0) is 13.6 Å². The van der Waals surface area contributed by atoms with Crippen molar-refractivity contribution in [1.29, 1.82) is 0 Å². The highest BCUT2D eigenvalue weighted by molar-refractivity contribution is 6.00. The molecule has 3 aliphatic rings. The molecule has 4 heterocycles. The number of nitrogens with two attached hydrogens (primary N) is 1. The summed E-state index contributed by atoms with van der Waals surface area (Å²) in [4.78, 5) is 38.0. The lowest BCUT2D eigenvalue weighted by Crippen LogP contribution is -2.41. The molecule has 3 unspecified atom stereocenters. The first-order valence-electron chi connectivity index (χ1n) is 16.0. The summed E-state index contributed by atoms with van der Waals surface area (Å²) in [6, 6.07) is 17.3. The third-order valence-corrected chi connectivity index (χ3v) is 10.1. The van der Waals surface area contributed by atoms with Gasteiger partial charge in [-0.1, -0.05) is 12.1 Å². The molecule has 1 saturated heterocycles. The Bertz CT molecular complexity index is 2010. The molecular weight excluding hydrogens is 582 g/mol. The lowest BCUT2D eigenvalue weighted by molar-refractivity contribution is 0.0700. The third-order valence-electron chi connectivity index (χ3n) is 10.1. The van der Waals surface area contributed by atoms with Crippen molar-refractivity contribution in [2.45, 2.75) is 44.3 Å². The standard InChI is InChI=1S/C35H37N7O4/c1-40-31-26(13-24(15-29(31)46-2)35(45)42-17-23-10-12-27(42)30(23)36)39-33(40)28-14-22-9-11-25(38-32(22)41(28)16-19-3-4-19)20-5-7-21(8-6-20)34(44)37-18-43/h5-9,11,13-15,19,23,27,30,43H,3-4,10,12,16-18,36H2,1-2H3,(H,37,44). The Morgan fingerprint density at radius 3 is 2.50 bits per heavy atom. The van der Waals surface area contributed by atoms with Crippen molar-refractivity contribution in [1.82, 2.24) is 29.3 Å². The van der Waals surface area contributed by atoms with Gasteiger partial charge >= 0.3 is 0 Å². The first-order valence-corrected chi connectivity index (χ1v) is 16.0. The van der Waals surface area contributed by atoms with Gasteiger partial charge in [-0.15, -0.1) is 0 Å². The van der Waals surface area contributed by atoms with Crippen molar-refractivity contribution in [3.05, 3.63) is 65.7 Å². The van der Waals surface area contributed by atoms with Crippen LogP contribution in [0.4, 0.5) is 0 Å². The van der Waals surface area contributed by atoms with Crippen LogP contribution < -0.4 is 15.8 Å². The van der Waals surface area contributed by atoms with Crippen LogP contribution in [0, 0.1) is 11.8 Å². The summed E-state index contributed by atoms with van der Waals surface area (Å²) >= 11 is 0. The number of aliphatic hydroxyl groups excluding tert-OH is 1. The van der Waals surface area contributed by atoms with E-state index in [1.807, 2.05) is 46.8 Å². The number of rotatable bonds is 8. The van der Waals surface area contributed by atoms with Crippen molar-refractivity contribution in [3.8, 4) is 28.5 Å². The highest BCUT2D eigenvalue weighted by atomic mass is 16.5. The van der Waals surface area contributed by atoms with Crippen molar-refractivity contribution < 1.29 is 19.4 Å². The summed E-state index contributed by atoms with van der Waals surface area (Å²) in [5.74, 6) is 2.00. The van der Waals surface area contributed by atoms with Gasteiger partial charge in [0.05, 0.1) is 24.0 Å². The van der Waals surface area contributed by atoms with Crippen molar-refractivity contribution in [2.75, 3.05) is 20.4 Å². The van der Waals surface area contributed by atoms with E-state index in [1.165, 1.54) is 12.8 Å². The average Bonchev–Trinajstić information content (AvgIpc) is 3.48. The Kier molecular flexibility index (Phi) is 6.84. The molecule has 11 heteroatoms. The predicted molar refractivity (Wildman–Crippen MR) is 174 cm³/mol. The summed E-state index contributed by atoms with van der Waals surface area (Å²) in [6.45, 7) is 1.13. The number of aromatic nitrogens is 4. The highest BCUT2D eigenvalue weighted by Crippen LogP contribution is 2.40. The number of imidazole rings is 1. The minimum atomic E-state index is -0.411. The van der Waals surface area contributed by atoms with Gasteiger partial charge in [0.2, 0.25) is 0 Å². The number of fused-ring (bicyclic) bond motifs is 4. The SMILES string of the molecule is COc1cc(C(=O)N2CC3CCC2C3N)cc2nc(-c3cc4ccc(-c5ccc(C(=O)NCO)cc5)nc4n3CC3CC3)n(C)c12. The number of amides is 2. The van der Waals surface area contributed by atoms with Crippen LogP contribution in [0.5, 0.6) is 5.75 Å². The summed E-state index contributed by atoms with van der Waals surface area (Å²) in [6.07, 6.45) is 4.41. The summed E-state index contributed by atoms with van der Waals surface area (Å²) in [7, 11) is 3.62. The molecule has 0 radical (unpaired) electrons. The lowest BCUT2D eigenvalue weighted by atomic mass is 10.1. The molecule has 11 nitrogen and oxygen atoms in total. The van der Waals surface area contributed by atoms with Crippen molar-refractivity contribution in [2.24, 2.45) is 24.6 Å². The summed E-state index contributed by atoms with van der Waals surface area (Å²) < 4.78 is 10.2. The fourth-order valence-corrected chi connectivity index (χ4v) is 7.45. The molecule has 2 bridgehead atoms. The summed E-state index contributed by atoms with van der Waals surface area (Å²) in [5.41, 5.74) is 12.5. The van der Waals surface area contributed by atoms with Gasteiger partial charge in [-0.05, 0) is 80.0 Å². The maximum Gasteiger partial charge on any atom is 0.254 e. The fraction of sp³-hybridized carbons (Fsp3) is 0.371. The van der Waals surface area contributed by atoms with Crippen LogP contribution in [0.3, 0.4) is 0 Å². The second kappa shape index (κ2) is 11.0. The average molecular weight is 620 g/mol. The van der Waals surface area contributed by atoms with Gasteiger partial charge in [0.15, 0.2) is 5.82 Å². The Balaban J connectivity index is 1.19. The van der Waals surface area contributed by atoms with E-state index in [-0.39, 0.29) is 23.9 Å². The minimum Gasteiger partial charge on any atom is -0.494 e. The van der Waals surface area contributed by atoms with Gasteiger partial charge in [0, 0.05) is 54.3 Å². The monoisotopic (exact) mass is 619 g/mol. The van der Waals surface area contributed by atoms with E-state index in [1.54, 1.807) is 19.2 Å². The van der Waals surface area contributed by atoms with Crippen LogP contribution in [0.2, 0.25) is 0 Å². The molecule has 4 N–H and O–H groups in total. The largest absolute Gasteiger partial charge is 0.494 e. The number of nitrogens with one attached hydrogen (secondary N) is 1. The first-order chi connectivity index (χ1) is 22.3. The molecule has 1 aliphatic heterocycles. The molecule has 3 fully saturated rings. The molecule has 2 aliphatic carbocycles. The van der Waals surface area contributed by atoms with E-state index < -0.39 is 6.73 Å². The van der Waals surface area contributed by atoms with E-state index >= 15 is 0 Å². The second-order valence-corrected chi connectivity index (χ2v) is 12.9. The van der Waals surface area contributed by atoms with Gasteiger partial charge < -0.3 is 34.9 Å². The fourth-order valence-electron chi connectivity index (χ4n) is 7.45. The molecule has 0 spiro atoms. The number of ether oxygens (including phenoxy) is 1. The van der Waals surface area contributed by atoms with Gasteiger partial charge in [-0.3, -0.25) is 9.59 Å². The predicted octanol–water partition coefficient (Wildman–Crippen LogP) is 3.92. The van der Waals surface area contributed by atoms with Crippen LogP contribution >= 0.6 is 0 Å². The highest BCUT2D eigenvalue weighted by Gasteiger charge is 2.47. The molecule has 2 saturated carbocycles. The van der Waals surface area contributed by atoms with Crippen LogP contribution in [0.1, 0.15) is 46.4 Å². The Hall–Kier alpha value is -4.74. The van der Waals surface area contributed by atoms with E-state index in [9.17, 15) is 9.59 Å². The molecule has 8 rings (SSSR count). The minimum absolute atomic E-state index is 0.0170. The second-order valence-electron chi connectivity index (χ2n) is 12.9. The van der Waals surface area contributed by atoms with Crippen LogP contribution in [0.25, 0.3) is 44.8 Å². The lowest BCUT2D eigenvalue weighted by Gasteiger charge is -2.27. The number of piperidine rings is 1. The number of nitrogens with zero attached hydrogens (tertiary/aromatic N) is 5. The molecule has 5 aromatic rings. The number of aryl methyl sites for hydroxylation is 1. The normalized spacial score (nSPS) is 20.6. The number of carbonyl (C=O) groups excluding carboxylic acids is 2. The van der Waals surface area contributed by atoms with Crippen molar-refractivity contribution in [3.63, 3.8) is 0 Å². The Morgan fingerprint density at radius 2 is 1.83 bits per heavy atom. The van der Waals surface area contributed by atoms with E-state index in [4.69, 9.17) is 25.5 Å². The third kappa shape index (κ3) is 4.64. The zero-order chi connectivity index (χ0) is 31.7. The smallest absolute Gasteiger partial charge is 0.254 e. The number of likely N-dealkylation sites (tertiary alicyclic amines) is 1. The van der Waals surface area contributed by atoms with Gasteiger partial charge in [0.25, 0.3) is 11.8 Å². The topological polar surface area (TPSA) is 141 Å². The molecule has 3 atom stereocenters. The number of hydrogen-bond donors (Lipinski definition) is 3. The number of benzene rings is 2. The molecule has 46 heavy (non-hydrogen) atoms. The summed E-state index contributed by atoms with van der Waals surface area (Å²) in [5, 5.41) is 12.4. The number of aliphatic hydroxyl groups is 1.